The van der Waals surface area contributed by atoms with Gasteiger partial charge in [-0.05, 0) is 12.8 Å². The van der Waals surface area contributed by atoms with Gasteiger partial charge in [-0.2, -0.15) is 0 Å². The largest absolute Gasteiger partial charge is 0.481 e. The zero-order valence-electron chi connectivity index (χ0n) is 10.6. The Bertz CT molecular complexity index is 376. The molecule has 2 N–H and O–H groups in total. The lowest BCUT2D eigenvalue weighted by Gasteiger charge is -2.33. The number of carboxylic acids is 1. The van der Waals surface area contributed by atoms with E-state index < -0.39 is 17.9 Å². The minimum atomic E-state index is -0.926. The standard InChI is InChI=1S/C12H18N2O5/c15-11(16)9-5-18-6-10(9)13-12(17)14-3-7-1-2-8(4-14)19-7/h7-10H,1-6H2,(H,13,17)(H,15,16). The van der Waals surface area contributed by atoms with E-state index in [0.29, 0.717) is 13.1 Å². The minimum Gasteiger partial charge on any atom is -0.481 e. The summed E-state index contributed by atoms with van der Waals surface area (Å²) < 4.78 is 10.8. The third-order valence-electron chi connectivity index (χ3n) is 4.04. The first-order valence-corrected chi connectivity index (χ1v) is 6.65. The highest BCUT2D eigenvalue weighted by Crippen LogP contribution is 2.26. The van der Waals surface area contributed by atoms with Gasteiger partial charge in [-0.25, -0.2) is 4.79 Å². The Labute approximate surface area is 110 Å². The molecular formula is C12H18N2O5. The van der Waals surface area contributed by atoms with Crippen LogP contribution in [-0.4, -0.2) is 66.6 Å². The number of nitrogens with zero attached hydrogens (tertiary/aromatic N) is 1. The van der Waals surface area contributed by atoms with E-state index in [1.54, 1.807) is 4.90 Å². The molecule has 4 atom stereocenters. The highest BCUT2D eigenvalue weighted by molar-refractivity contribution is 5.77. The molecule has 7 heteroatoms. The minimum absolute atomic E-state index is 0.139. The zero-order valence-corrected chi connectivity index (χ0v) is 10.6. The van der Waals surface area contributed by atoms with Crippen molar-refractivity contribution in [3.63, 3.8) is 0 Å². The Kier molecular flexibility index (Phi) is 3.32. The Morgan fingerprint density at radius 1 is 1.16 bits per heavy atom. The molecule has 0 aromatic carbocycles. The maximum atomic E-state index is 12.2. The van der Waals surface area contributed by atoms with E-state index in [1.165, 1.54) is 0 Å². The van der Waals surface area contributed by atoms with Gasteiger partial charge in [0.2, 0.25) is 0 Å². The highest BCUT2D eigenvalue weighted by Gasteiger charge is 2.39. The van der Waals surface area contributed by atoms with E-state index in [9.17, 15) is 9.59 Å². The normalized spacial score (nSPS) is 37.4. The number of carbonyl (C=O) groups is 2. The summed E-state index contributed by atoms with van der Waals surface area (Å²) in [7, 11) is 0. The monoisotopic (exact) mass is 270 g/mol. The number of likely N-dealkylation sites (tertiary alicyclic amines) is 1. The molecule has 106 valence electrons. The second kappa shape index (κ2) is 4.97. The number of nitrogens with one attached hydrogen (secondary N) is 1. The molecule has 0 saturated carbocycles. The van der Waals surface area contributed by atoms with Gasteiger partial charge in [0.25, 0.3) is 0 Å². The number of fused-ring (bicyclic) bond motifs is 2. The third-order valence-corrected chi connectivity index (χ3v) is 4.04. The van der Waals surface area contributed by atoms with Crippen LogP contribution in [0, 0.1) is 5.92 Å². The third kappa shape index (κ3) is 2.52. The van der Waals surface area contributed by atoms with Crippen LogP contribution in [0.4, 0.5) is 4.79 Å². The summed E-state index contributed by atoms with van der Waals surface area (Å²) in [6.07, 6.45) is 2.27. The first kappa shape index (κ1) is 12.7. The van der Waals surface area contributed by atoms with Gasteiger partial charge in [0.15, 0.2) is 0 Å². The van der Waals surface area contributed by atoms with Crippen LogP contribution in [0.3, 0.4) is 0 Å². The van der Waals surface area contributed by atoms with Crippen molar-refractivity contribution in [2.24, 2.45) is 5.92 Å². The Morgan fingerprint density at radius 3 is 2.47 bits per heavy atom. The number of hydrogen-bond acceptors (Lipinski definition) is 4. The summed E-state index contributed by atoms with van der Waals surface area (Å²) in [6.45, 7) is 1.61. The summed E-state index contributed by atoms with van der Waals surface area (Å²) in [6, 6.07) is -0.646. The number of urea groups is 1. The molecule has 3 saturated heterocycles. The highest BCUT2D eigenvalue weighted by atomic mass is 16.5. The molecular weight excluding hydrogens is 252 g/mol. The number of aliphatic carboxylic acids is 1. The van der Waals surface area contributed by atoms with Crippen LogP contribution in [0.5, 0.6) is 0 Å². The van der Waals surface area contributed by atoms with E-state index in [1.807, 2.05) is 0 Å². The van der Waals surface area contributed by atoms with Crippen molar-refractivity contribution in [1.82, 2.24) is 10.2 Å². The molecule has 0 spiro atoms. The lowest BCUT2D eigenvalue weighted by molar-refractivity contribution is -0.142. The number of rotatable bonds is 2. The molecule has 0 aliphatic carbocycles. The molecule has 0 aromatic rings. The van der Waals surface area contributed by atoms with Gasteiger partial charge in [0, 0.05) is 13.1 Å². The zero-order chi connectivity index (χ0) is 13.4. The second-order valence-corrected chi connectivity index (χ2v) is 5.40. The SMILES string of the molecule is O=C(O)C1COCC1NC(=O)N1CC2CCC(C1)O2. The van der Waals surface area contributed by atoms with Crippen molar-refractivity contribution >= 4 is 12.0 Å². The summed E-state index contributed by atoms with van der Waals surface area (Å²) in [5.74, 6) is -1.58. The number of ether oxygens (including phenoxy) is 2. The maximum absolute atomic E-state index is 12.2. The van der Waals surface area contributed by atoms with Crippen LogP contribution in [0.2, 0.25) is 0 Å². The van der Waals surface area contributed by atoms with Gasteiger partial charge in [-0.15, -0.1) is 0 Å². The number of hydrogen-bond donors (Lipinski definition) is 2. The first-order chi connectivity index (χ1) is 9.13. The van der Waals surface area contributed by atoms with E-state index in [2.05, 4.69) is 5.32 Å². The lowest BCUT2D eigenvalue weighted by atomic mass is 10.0. The smallest absolute Gasteiger partial charge is 0.317 e. The summed E-state index contributed by atoms with van der Waals surface area (Å²) in [4.78, 5) is 24.9. The molecule has 0 aromatic heterocycles. The Morgan fingerprint density at radius 2 is 1.84 bits per heavy atom. The van der Waals surface area contributed by atoms with Gasteiger partial charge in [0.1, 0.15) is 5.92 Å². The van der Waals surface area contributed by atoms with Crippen molar-refractivity contribution in [2.45, 2.75) is 31.1 Å². The average molecular weight is 270 g/mol. The quantitative estimate of drug-likeness (QED) is 0.716. The molecule has 3 aliphatic heterocycles. The Balaban J connectivity index is 1.57. The van der Waals surface area contributed by atoms with Gasteiger partial charge < -0.3 is 24.8 Å². The number of morpholine rings is 1. The van der Waals surface area contributed by atoms with E-state index in [-0.39, 0.29) is 31.5 Å². The molecule has 3 fully saturated rings. The van der Waals surface area contributed by atoms with E-state index in [4.69, 9.17) is 14.6 Å². The molecule has 3 rings (SSSR count). The van der Waals surface area contributed by atoms with Crippen molar-refractivity contribution in [2.75, 3.05) is 26.3 Å². The van der Waals surface area contributed by atoms with Crippen LogP contribution >= 0.6 is 0 Å². The van der Waals surface area contributed by atoms with Crippen LogP contribution in [0.15, 0.2) is 0 Å². The molecule has 2 bridgehead atoms. The van der Waals surface area contributed by atoms with Crippen LogP contribution < -0.4 is 5.32 Å². The second-order valence-electron chi connectivity index (χ2n) is 5.40. The summed E-state index contributed by atoms with van der Waals surface area (Å²) in [5, 5.41) is 11.8. The van der Waals surface area contributed by atoms with Crippen LogP contribution in [0.1, 0.15) is 12.8 Å². The van der Waals surface area contributed by atoms with Crippen molar-refractivity contribution in [3.05, 3.63) is 0 Å². The lowest BCUT2D eigenvalue weighted by Crippen LogP contribution is -2.53. The molecule has 19 heavy (non-hydrogen) atoms. The molecule has 3 heterocycles. The summed E-state index contributed by atoms with van der Waals surface area (Å²) >= 11 is 0. The molecule has 0 radical (unpaired) electrons. The van der Waals surface area contributed by atoms with Gasteiger partial charge in [-0.1, -0.05) is 0 Å². The predicted molar refractivity (Wildman–Crippen MR) is 63.7 cm³/mol. The van der Waals surface area contributed by atoms with Crippen molar-refractivity contribution < 1.29 is 24.2 Å². The molecule has 4 unspecified atom stereocenters. The Hall–Kier alpha value is -1.34. The average Bonchev–Trinajstić information content (AvgIpc) is 2.96. The van der Waals surface area contributed by atoms with E-state index >= 15 is 0 Å². The maximum Gasteiger partial charge on any atom is 0.317 e. The van der Waals surface area contributed by atoms with Crippen LogP contribution in [0.25, 0.3) is 0 Å². The first-order valence-electron chi connectivity index (χ1n) is 6.65. The number of carboxylic acid groups (broad SMARTS) is 1. The van der Waals surface area contributed by atoms with Crippen molar-refractivity contribution in [3.8, 4) is 0 Å². The van der Waals surface area contributed by atoms with Crippen molar-refractivity contribution in [1.29, 1.82) is 0 Å². The number of amides is 2. The number of carbonyl (C=O) groups excluding carboxylic acids is 1. The topological polar surface area (TPSA) is 88.1 Å². The fraction of sp³-hybridized carbons (Fsp3) is 0.833. The van der Waals surface area contributed by atoms with Gasteiger partial charge >= 0.3 is 12.0 Å². The molecule has 7 nitrogen and oxygen atoms in total. The van der Waals surface area contributed by atoms with E-state index in [0.717, 1.165) is 12.8 Å². The van der Waals surface area contributed by atoms with Crippen LogP contribution in [-0.2, 0) is 14.3 Å². The fourth-order valence-corrected chi connectivity index (χ4v) is 2.97. The molecule has 3 aliphatic rings. The fourth-order valence-electron chi connectivity index (χ4n) is 2.97. The van der Waals surface area contributed by atoms with Gasteiger partial charge in [0.05, 0.1) is 31.5 Å². The van der Waals surface area contributed by atoms with Gasteiger partial charge in [-0.3, -0.25) is 4.79 Å². The molecule has 2 amide bonds. The summed E-state index contributed by atoms with van der Waals surface area (Å²) in [5.41, 5.74) is 0. The predicted octanol–water partition coefficient (Wildman–Crippen LogP) is -0.341.